The Balaban J connectivity index is 1.59. The predicted octanol–water partition coefficient (Wildman–Crippen LogP) is 4.11. The fourth-order valence-corrected chi connectivity index (χ4v) is 4.28. The van der Waals surface area contributed by atoms with Crippen LogP contribution < -0.4 is 4.90 Å². The highest BCUT2D eigenvalue weighted by atomic mass is 16.2. The van der Waals surface area contributed by atoms with Gasteiger partial charge < -0.3 is 9.80 Å². The molecule has 132 valence electrons. The van der Waals surface area contributed by atoms with E-state index in [1.807, 2.05) is 12.1 Å². The molecule has 1 atom stereocenters. The Morgan fingerprint density at radius 2 is 1.92 bits per heavy atom. The lowest BCUT2D eigenvalue weighted by atomic mass is 9.85. The summed E-state index contributed by atoms with van der Waals surface area (Å²) < 4.78 is 0. The number of carbonyl (C=O) groups is 1. The molecule has 1 unspecified atom stereocenters. The molecule has 4 heteroatoms. The number of rotatable bonds is 5. The van der Waals surface area contributed by atoms with Gasteiger partial charge in [0.25, 0.3) is 5.91 Å². The van der Waals surface area contributed by atoms with Crippen LogP contribution in [0.4, 0.5) is 5.82 Å². The van der Waals surface area contributed by atoms with Crippen LogP contribution in [0.25, 0.3) is 0 Å². The van der Waals surface area contributed by atoms with Crippen molar-refractivity contribution in [3.8, 4) is 0 Å². The van der Waals surface area contributed by atoms with Crippen LogP contribution in [0.3, 0.4) is 0 Å². The number of amides is 1. The maximum absolute atomic E-state index is 12.0. The van der Waals surface area contributed by atoms with Crippen LogP contribution in [0.15, 0.2) is 18.3 Å². The van der Waals surface area contributed by atoms with Crippen molar-refractivity contribution in [2.24, 2.45) is 5.92 Å². The molecular weight excluding hydrogens is 298 g/mol. The van der Waals surface area contributed by atoms with Crippen LogP contribution in [0.1, 0.15) is 68.1 Å². The van der Waals surface area contributed by atoms with Gasteiger partial charge in [-0.25, -0.2) is 4.98 Å². The zero-order valence-corrected chi connectivity index (χ0v) is 15.2. The third-order valence-corrected chi connectivity index (χ3v) is 5.71. The number of nitrogens with zero attached hydrogens (tertiary/aromatic N) is 3. The van der Waals surface area contributed by atoms with Crippen molar-refractivity contribution in [2.75, 3.05) is 25.5 Å². The first-order chi connectivity index (χ1) is 11.6. The maximum atomic E-state index is 12.0. The van der Waals surface area contributed by atoms with Crippen LogP contribution in [0.2, 0.25) is 0 Å². The van der Waals surface area contributed by atoms with Crippen molar-refractivity contribution in [1.29, 1.82) is 0 Å². The van der Waals surface area contributed by atoms with Gasteiger partial charge in [0.1, 0.15) is 5.82 Å². The quantitative estimate of drug-likeness (QED) is 0.815. The topological polar surface area (TPSA) is 36.4 Å². The minimum atomic E-state index is 0.0179. The minimum absolute atomic E-state index is 0.0179. The minimum Gasteiger partial charge on any atom is -0.354 e. The van der Waals surface area contributed by atoms with Crippen molar-refractivity contribution < 1.29 is 4.79 Å². The smallest absolute Gasteiger partial charge is 0.254 e. The zero-order valence-electron chi connectivity index (χ0n) is 15.2. The lowest BCUT2D eigenvalue weighted by molar-refractivity contribution is 0.0827. The molecule has 24 heavy (non-hydrogen) atoms. The first-order valence-electron chi connectivity index (χ1n) is 9.59. The van der Waals surface area contributed by atoms with E-state index in [1.54, 1.807) is 25.2 Å². The van der Waals surface area contributed by atoms with Gasteiger partial charge in [0.15, 0.2) is 0 Å². The molecule has 1 aliphatic heterocycles. The molecule has 3 rings (SSSR count). The molecule has 0 spiro atoms. The first-order valence-corrected chi connectivity index (χ1v) is 9.59. The summed E-state index contributed by atoms with van der Waals surface area (Å²) in [7, 11) is 3.55. The van der Waals surface area contributed by atoms with Gasteiger partial charge in [-0.3, -0.25) is 4.79 Å². The van der Waals surface area contributed by atoms with E-state index in [9.17, 15) is 4.79 Å². The number of hydrogen-bond donors (Lipinski definition) is 0. The lowest BCUT2D eigenvalue weighted by Gasteiger charge is -2.28. The fraction of sp³-hybridized carbons (Fsp3) is 0.700. The molecule has 1 saturated carbocycles. The molecule has 0 N–H and O–H groups in total. The van der Waals surface area contributed by atoms with Crippen molar-refractivity contribution >= 4 is 11.7 Å². The molecule has 2 aliphatic rings. The van der Waals surface area contributed by atoms with Crippen LogP contribution in [0.5, 0.6) is 0 Å². The van der Waals surface area contributed by atoms with Gasteiger partial charge in [-0.15, -0.1) is 0 Å². The Labute approximate surface area is 146 Å². The van der Waals surface area contributed by atoms with Crippen molar-refractivity contribution in [2.45, 2.75) is 63.8 Å². The maximum Gasteiger partial charge on any atom is 0.254 e. The van der Waals surface area contributed by atoms with Gasteiger partial charge in [-0.2, -0.15) is 0 Å². The molecule has 1 aromatic rings. The number of aromatic nitrogens is 1. The second kappa shape index (κ2) is 8.00. The Morgan fingerprint density at radius 3 is 2.58 bits per heavy atom. The SMILES string of the molecule is CN(C)C(=O)c1ccc(N2CCCC2CCC2CCCCC2)nc1. The van der Waals surface area contributed by atoms with Crippen LogP contribution in [-0.2, 0) is 0 Å². The van der Waals surface area contributed by atoms with Gasteiger partial charge in [-0.1, -0.05) is 32.1 Å². The number of anilines is 1. The van der Waals surface area contributed by atoms with E-state index >= 15 is 0 Å². The Hall–Kier alpha value is -1.58. The van der Waals surface area contributed by atoms with E-state index in [-0.39, 0.29) is 5.91 Å². The normalized spacial score (nSPS) is 21.9. The van der Waals surface area contributed by atoms with Gasteiger partial charge in [0.2, 0.25) is 0 Å². The summed E-state index contributed by atoms with van der Waals surface area (Å²) in [6.45, 7) is 1.10. The molecule has 4 nitrogen and oxygen atoms in total. The fourth-order valence-electron chi connectivity index (χ4n) is 4.28. The van der Waals surface area contributed by atoms with E-state index in [4.69, 9.17) is 0 Å². The summed E-state index contributed by atoms with van der Waals surface area (Å²) in [6.07, 6.45) is 14.1. The highest BCUT2D eigenvalue weighted by Crippen LogP contribution is 2.32. The van der Waals surface area contributed by atoms with Crippen LogP contribution in [-0.4, -0.2) is 42.5 Å². The second-order valence-electron chi connectivity index (χ2n) is 7.68. The number of pyridine rings is 1. The Bertz CT molecular complexity index is 534. The van der Waals surface area contributed by atoms with Crippen LogP contribution >= 0.6 is 0 Å². The van der Waals surface area contributed by atoms with Crippen molar-refractivity contribution in [3.63, 3.8) is 0 Å². The molecule has 2 fully saturated rings. The van der Waals surface area contributed by atoms with Gasteiger partial charge in [-0.05, 0) is 43.7 Å². The molecule has 0 bridgehead atoms. The van der Waals surface area contributed by atoms with Crippen molar-refractivity contribution in [3.05, 3.63) is 23.9 Å². The average molecular weight is 329 g/mol. The lowest BCUT2D eigenvalue weighted by Crippen LogP contribution is -2.30. The largest absolute Gasteiger partial charge is 0.354 e. The van der Waals surface area contributed by atoms with Crippen LogP contribution in [0, 0.1) is 5.92 Å². The molecule has 0 aromatic carbocycles. The zero-order chi connectivity index (χ0) is 16.9. The Kier molecular flexibility index (Phi) is 5.75. The standard InChI is InChI=1S/C20H31N3O/c1-22(2)20(24)17-11-13-19(21-15-17)23-14-6-9-18(23)12-10-16-7-4-3-5-8-16/h11,13,15-16,18H,3-10,12,14H2,1-2H3. The van der Waals surface area contributed by atoms with E-state index in [1.165, 1.54) is 57.8 Å². The molecule has 1 saturated heterocycles. The predicted molar refractivity (Wildman–Crippen MR) is 98.4 cm³/mol. The molecule has 0 radical (unpaired) electrons. The van der Waals surface area contributed by atoms with Gasteiger partial charge >= 0.3 is 0 Å². The summed E-state index contributed by atoms with van der Waals surface area (Å²) in [5.41, 5.74) is 0.668. The molecular formula is C20H31N3O. The van der Waals surface area contributed by atoms with Crippen molar-refractivity contribution in [1.82, 2.24) is 9.88 Å². The van der Waals surface area contributed by atoms with E-state index in [0.717, 1.165) is 18.3 Å². The second-order valence-corrected chi connectivity index (χ2v) is 7.68. The monoisotopic (exact) mass is 329 g/mol. The van der Waals surface area contributed by atoms with Gasteiger partial charge in [0, 0.05) is 32.9 Å². The summed E-state index contributed by atoms with van der Waals surface area (Å²) in [5, 5.41) is 0. The van der Waals surface area contributed by atoms with Gasteiger partial charge in [0.05, 0.1) is 5.56 Å². The highest BCUT2D eigenvalue weighted by Gasteiger charge is 2.26. The number of hydrogen-bond acceptors (Lipinski definition) is 3. The summed E-state index contributed by atoms with van der Waals surface area (Å²) in [6, 6.07) is 4.58. The van der Waals surface area contributed by atoms with E-state index in [2.05, 4.69) is 9.88 Å². The first kappa shape index (κ1) is 17.2. The summed E-state index contributed by atoms with van der Waals surface area (Å²) in [5.74, 6) is 2.01. The summed E-state index contributed by atoms with van der Waals surface area (Å²) >= 11 is 0. The average Bonchev–Trinajstić information content (AvgIpc) is 3.09. The third-order valence-electron chi connectivity index (χ3n) is 5.71. The summed E-state index contributed by atoms with van der Waals surface area (Å²) in [4.78, 5) is 20.6. The molecule has 1 aromatic heterocycles. The molecule has 1 amide bonds. The highest BCUT2D eigenvalue weighted by molar-refractivity contribution is 5.93. The van der Waals surface area contributed by atoms with E-state index < -0.39 is 0 Å². The Morgan fingerprint density at radius 1 is 1.12 bits per heavy atom. The number of carbonyl (C=O) groups excluding carboxylic acids is 1. The third kappa shape index (κ3) is 4.08. The molecule has 2 heterocycles. The molecule has 1 aliphatic carbocycles. The van der Waals surface area contributed by atoms with E-state index in [0.29, 0.717) is 11.6 Å².